The normalized spacial score (nSPS) is 16.7. The maximum Gasteiger partial charge on any atom is 0.169 e. The molecule has 0 fully saturated rings. The van der Waals surface area contributed by atoms with Gasteiger partial charge in [-0.3, -0.25) is 0 Å². The monoisotopic (exact) mass is 359 g/mol. The lowest BCUT2D eigenvalue weighted by molar-refractivity contribution is 0.590. The summed E-state index contributed by atoms with van der Waals surface area (Å²) >= 11 is 0. The summed E-state index contributed by atoms with van der Waals surface area (Å²) in [5, 5.41) is 8.44. The van der Waals surface area contributed by atoms with Crippen molar-refractivity contribution in [2.75, 3.05) is 16.5 Å². The van der Waals surface area contributed by atoms with Crippen LogP contribution in [0.1, 0.15) is 31.9 Å². The van der Waals surface area contributed by atoms with Crippen molar-refractivity contribution in [3.05, 3.63) is 71.1 Å². The smallest absolute Gasteiger partial charge is 0.169 e. The minimum absolute atomic E-state index is 0.123. The second-order valence-electron chi connectivity index (χ2n) is 8.10. The number of fused-ring (bicyclic) bond motifs is 1. The summed E-state index contributed by atoms with van der Waals surface area (Å²) in [6.07, 6.45) is 1.74. The Balaban J connectivity index is 1.73. The molecule has 0 bridgehead atoms. The van der Waals surface area contributed by atoms with Crippen LogP contribution in [0.25, 0.3) is 0 Å². The molecule has 5 nitrogen and oxygen atoms in total. The number of nitrogens with zero attached hydrogens (tertiary/aromatic N) is 4. The molecule has 0 saturated heterocycles. The number of amidine groups is 1. The van der Waals surface area contributed by atoms with Crippen LogP contribution in [0.5, 0.6) is 0 Å². The van der Waals surface area contributed by atoms with Crippen LogP contribution in [0.15, 0.2) is 70.1 Å². The Morgan fingerprint density at radius 1 is 0.889 bits per heavy atom. The molecule has 2 aliphatic rings. The summed E-state index contributed by atoms with van der Waals surface area (Å²) in [6, 6.07) is 17.0. The fourth-order valence-electron chi connectivity index (χ4n) is 3.35. The molecule has 2 heterocycles. The Morgan fingerprint density at radius 3 is 2.11 bits per heavy atom. The van der Waals surface area contributed by atoms with Gasteiger partial charge in [0.05, 0.1) is 11.8 Å². The molecule has 27 heavy (non-hydrogen) atoms. The van der Waals surface area contributed by atoms with Gasteiger partial charge in [0.25, 0.3) is 0 Å². The van der Waals surface area contributed by atoms with E-state index in [0.717, 1.165) is 22.8 Å². The third kappa shape index (κ3) is 3.10. The lowest BCUT2D eigenvalue weighted by Gasteiger charge is -2.38. The van der Waals surface area contributed by atoms with Crippen molar-refractivity contribution < 1.29 is 0 Å². The second-order valence-corrected chi connectivity index (χ2v) is 8.10. The molecule has 2 aliphatic heterocycles. The molecule has 0 spiro atoms. The maximum absolute atomic E-state index is 6.46. The molecule has 5 heteroatoms. The molecule has 0 saturated carbocycles. The van der Waals surface area contributed by atoms with E-state index < -0.39 is 0 Å². The van der Waals surface area contributed by atoms with Crippen molar-refractivity contribution in [3.63, 3.8) is 0 Å². The third-order valence-electron chi connectivity index (χ3n) is 5.08. The first-order chi connectivity index (χ1) is 12.8. The SMILES string of the molecule is Cc1ccc(N2CN(c3ccc(C(C)(C)C)cc3)C3=NN=CC3=C2N)cc1. The van der Waals surface area contributed by atoms with Crippen molar-refractivity contribution >= 4 is 23.4 Å². The van der Waals surface area contributed by atoms with Gasteiger partial charge in [0.15, 0.2) is 5.84 Å². The van der Waals surface area contributed by atoms with E-state index in [1.165, 1.54) is 11.1 Å². The highest BCUT2D eigenvalue weighted by Gasteiger charge is 2.32. The standard InChI is InChI=1S/C22H25N5/c1-15-5-9-17(10-6-15)26-14-27(21-19(20(26)23)13-24-25-21)18-11-7-16(8-12-18)22(2,3)4/h5-13H,14,23H2,1-4H3. The third-order valence-corrected chi connectivity index (χ3v) is 5.08. The average molecular weight is 359 g/mol. The molecule has 4 rings (SSSR count). The lowest BCUT2D eigenvalue weighted by Crippen LogP contribution is -2.49. The first-order valence-corrected chi connectivity index (χ1v) is 9.18. The zero-order valence-electron chi connectivity index (χ0n) is 16.3. The summed E-state index contributed by atoms with van der Waals surface area (Å²) in [6.45, 7) is 9.34. The largest absolute Gasteiger partial charge is 0.384 e. The molecule has 2 N–H and O–H groups in total. The van der Waals surface area contributed by atoms with Crippen molar-refractivity contribution in [2.24, 2.45) is 15.9 Å². The van der Waals surface area contributed by atoms with Gasteiger partial charge in [-0.05, 0) is 42.2 Å². The van der Waals surface area contributed by atoms with E-state index in [-0.39, 0.29) is 5.41 Å². The quantitative estimate of drug-likeness (QED) is 0.876. The van der Waals surface area contributed by atoms with Gasteiger partial charge in [0, 0.05) is 11.4 Å². The van der Waals surface area contributed by atoms with Gasteiger partial charge in [-0.15, -0.1) is 5.10 Å². The van der Waals surface area contributed by atoms with Crippen LogP contribution in [0.4, 0.5) is 11.4 Å². The summed E-state index contributed by atoms with van der Waals surface area (Å²) in [5.74, 6) is 1.49. The molecule has 0 radical (unpaired) electrons. The molecule has 0 aliphatic carbocycles. The van der Waals surface area contributed by atoms with E-state index in [1.54, 1.807) is 6.21 Å². The second kappa shape index (κ2) is 6.27. The van der Waals surface area contributed by atoms with Crippen molar-refractivity contribution in [1.29, 1.82) is 0 Å². The fourth-order valence-corrected chi connectivity index (χ4v) is 3.35. The molecule has 138 valence electrons. The van der Waals surface area contributed by atoms with Crippen molar-refractivity contribution in [1.82, 2.24) is 0 Å². The highest BCUT2D eigenvalue weighted by atomic mass is 15.4. The Kier molecular flexibility index (Phi) is 4.02. The number of rotatable bonds is 2. The molecule has 0 amide bonds. The molecular weight excluding hydrogens is 334 g/mol. The van der Waals surface area contributed by atoms with Gasteiger partial charge in [-0.25, -0.2) is 0 Å². The summed E-state index contributed by atoms with van der Waals surface area (Å²) in [5.41, 5.74) is 12.1. The van der Waals surface area contributed by atoms with Crippen LogP contribution in [-0.2, 0) is 5.41 Å². The van der Waals surface area contributed by atoms with E-state index in [4.69, 9.17) is 5.73 Å². The maximum atomic E-state index is 6.46. The number of benzene rings is 2. The first kappa shape index (κ1) is 17.3. The zero-order chi connectivity index (χ0) is 19.2. The molecule has 0 aromatic heterocycles. The topological polar surface area (TPSA) is 57.2 Å². The Labute approximate surface area is 160 Å². The van der Waals surface area contributed by atoms with E-state index >= 15 is 0 Å². The predicted octanol–water partition coefficient (Wildman–Crippen LogP) is 4.14. The van der Waals surface area contributed by atoms with Crippen LogP contribution in [-0.4, -0.2) is 18.7 Å². The highest BCUT2D eigenvalue weighted by molar-refractivity contribution is 6.25. The van der Waals surface area contributed by atoms with Crippen molar-refractivity contribution in [2.45, 2.75) is 33.1 Å². The molecule has 0 unspecified atom stereocenters. The number of anilines is 2. The van der Waals surface area contributed by atoms with E-state index in [2.05, 4.69) is 96.2 Å². The molecule has 2 aromatic rings. The van der Waals surface area contributed by atoms with Gasteiger partial charge in [0.1, 0.15) is 12.5 Å². The zero-order valence-corrected chi connectivity index (χ0v) is 16.3. The molecule has 0 atom stereocenters. The Morgan fingerprint density at radius 2 is 1.48 bits per heavy atom. The number of nitrogens with two attached hydrogens (primary N) is 1. The minimum atomic E-state index is 0.123. The van der Waals surface area contributed by atoms with Gasteiger partial charge < -0.3 is 15.5 Å². The van der Waals surface area contributed by atoms with Crippen LogP contribution < -0.4 is 15.5 Å². The van der Waals surface area contributed by atoms with Gasteiger partial charge in [0.2, 0.25) is 0 Å². The Hall–Kier alpha value is -3.08. The van der Waals surface area contributed by atoms with Crippen LogP contribution in [0, 0.1) is 6.92 Å². The fraction of sp³-hybridized carbons (Fsp3) is 0.273. The van der Waals surface area contributed by atoms with Gasteiger partial charge >= 0.3 is 0 Å². The number of aryl methyl sites for hydroxylation is 1. The van der Waals surface area contributed by atoms with E-state index in [9.17, 15) is 0 Å². The van der Waals surface area contributed by atoms with Gasteiger partial charge in [-0.2, -0.15) is 5.10 Å². The predicted molar refractivity (Wildman–Crippen MR) is 113 cm³/mol. The number of hydrogen-bond acceptors (Lipinski definition) is 5. The minimum Gasteiger partial charge on any atom is -0.384 e. The average Bonchev–Trinajstić information content (AvgIpc) is 3.13. The van der Waals surface area contributed by atoms with Gasteiger partial charge in [-0.1, -0.05) is 50.6 Å². The summed E-state index contributed by atoms with van der Waals surface area (Å²) in [4.78, 5) is 4.26. The summed E-state index contributed by atoms with van der Waals surface area (Å²) in [7, 11) is 0. The summed E-state index contributed by atoms with van der Waals surface area (Å²) < 4.78 is 0. The molecule has 2 aromatic carbocycles. The highest BCUT2D eigenvalue weighted by Crippen LogP contribution is 2.31. The number of hydrogen-bond donors (Lipinski definition) is 1. The van der Waals surface area contributed by atoms with Crippen LogP contribution in [0.2, 0.25) is 0 Å². The van der Waals surface area contributed by atoms with Crippen LogP contribution in [0.3, 0.4) is 0 Å². The molecular formula is C22H25N5. The first-order valence-electron chi connectivity index (χ1n) is 9.18. The van der Waals surface area contributed by atoms with Crippen LogP contribution >= 0.6 is 0 Å². The lowest BCUT2D eigenvalue weighted by atomic mass is 9.87. The van der Waals surface area contributed by atoms with E-state index in [0.29, 0.717) is 12.5 Å². The van der Waals surface area contributed by atoms with E-state index in [1.807, 2.05) is 0 Å². The van der Waals surface area contributed by atoms with Crippen molar-refractivity contribution in [3.8, 4) is 0 Å². The Bertz CT molecular complexity index is 944.